The number of aromatic carboxylic acids is 1. The third-order valence-corrected chi connectivity index (χ3v) is 5.86. The Morgan fingerprint density at radius 3 is 2.59 bits per heavy atom. The maximum absolute atomic E-state index is 11.6. The van der Waals surface area contributed by atoms with E-state index < -0.39 is 5.97 Å². The molecule has 2 N–H and O–H groups in total. The van der Waals surface area contributed by atoms with Crippen molar-refractivity contribution in [1.29, 1.82) is 0 Å². The molecule has 0 bridgehead atoms. The quantitative estimate of drug-likeness (QED) is 0.389. The molecule has 0 aliphatic heterocycles. The number of nitrogens with zero attached hydrogens (tertiary/aromatic N) is 6. The van der Waals surface area contributed by atoms with Gasteiger partial charge < -0.3 is 9.67 Å². The fraction of sp³-hybridized carbons (Fsp3) is 0.200. The first-order chi connectivity index (χ1) is 16.4. The van der Waals surface area contributed by atoms with E-state index in [9.17, 15) is 9.90 Å². The number of aryl methyl sites for hydroxylation is 1. The predicted octanol–water partition coefficient (Wildman–Crippen LogP) is 4.46. The third kappa shape index (κ3) is 3.81. The predicted molar refractivity (Wildman–Crippen MR) is 127 cm³/mol. The van der Waals surface area contributed by atoms with Gasteiger partial charge in [0, 0.05) is 36.0 Å². The van der Waals surface area contributed by atoms with Crippen molar-refractivity contribution in [3.05, 3.63) is 77.4 Å². The van der Waals surface area contributed by atoms with Crippen LogP contribution in [0.2, 0.25) is 0 Å². The first kappa shape index (κ1) is 21.4. The van der Waals surface area contributed by atoms with E-state index in [2.05, 4.69) is 56.2 Å². The number of tetrazole rings is 1. The average Bonchev–Trinajstić information content (AvgIpc) is 3.49. The molecule has 0 radical (unpaired) electrons. The number of rotatable bonds is 6. The van der Waals surface area contributed by atoms with Gasteiger partial charge in [-0.2, -0.15) is 0 Å². The summed E-state index contributed by atoms with van der Waals surface area (Å²) in [6, 6.07) is 13.5. The lowest BCUT2D eigenvalue weighted by atomic mass is 10.0. The molecular weight excluding hydrogens is 430 g/mol. The molecule has 0 saturated heterocycles. The molecule has 2 aromatic carbocycles. The van der Waals surface area contributed by atoms with Gasteiger partial charge in [0.25, 0.3) is 0 Å². The molecule has 0 aliphatic carbocycles. The second-order valence-electron chi connectivity index (χ2n) is 8.54. The number of pyridine rings is 1. The van der Waals surface area contributed by atoms with Crippen LogP contribution in [0, 0.1) is 6.92 Å². The minimum absolute atomic E-state index is 0.188. The number of carboxylic acid groups (broad SMARTS) is 1. The van der Waals surface area contributed by atoms with Gasteiger partial charge in [0.05, 0.1) is 16.6 Å². The van der Waals surface area contributed by atoms with Crippen LogP contribution in [0.5, 0.6) is 0 Å². The van der Waals surface area contributed by atoms with Crippen LogP contribution in [0.4, 0.5) is 0 Å². The summed E-state index contributed by atoms with van der Waals surface area (Å²) in [4.78, 5) is 20.8. The highest BCUT2D eigenvalue weighted by Gasteiger charge is 2.18. The van der Waals surface area contributed by atoms with Gasteiger partial charge in [0.1, 0.15) is 5.82 Å². The van der Waals surface area contributed by atoms with E-state index in [-0.39, 0.29) is 11.5 Å². The molecule has 5 rings (SSSR count). The Morgan fingerprint density at radius 2 is 1.91 bits per heavy atom. The Kier molecular flexibility index (Phi) is 5.37. The summed E-state index contributed by atoms with van der Waals surface area (Å²) in [7, 11) is 0. The molecule has 0 aliphatic rings. The van der Waals surface area contributed by atoms with Crippen molar-refractivity contribution in [2.75, 3.05) is 0 Å². The number of carbonyl (C=O) groups is 1. The lowest BCUT2D eigenvalue weighted by Gasteiger charge is -2.13. The normalized spacial score (nSPS) is 11.4. The third-order valence-electron chi connectivity index (χ3n) is 5.86. The smallest absolute Gasteiger partial charge is 0.335 e. The monoisotopic (exact) mass is 453 g/mol. The van der Waals surface area contributed by atoms with Crippen LogP contribution in [0.3, 0.4) is 0 Å². The van der Waals surface area contributed by atoms with Crippen LogP contribution >= 0.6 is 0 Å². The van der Waals surface area contributed by atoms with Crippen LogP contribution in [0.15, 0.2) is 54.9 Å². The lowest BCUT2D eigenvalue weighted by Crippen LogP contribution is -2.07. The zero-order valence-electron chi connectivity index (χ0n) is 19.0. The van der Waals surface area contributed by atoms with Crippen molar-refractivity contribution in [3.8, 4) is 22.5 Å². The minimum atomic E-state index is -0.942. The highest BCUT2D eigenvalue weighted by molar-refractivity contribution is 5.94. The molecule has 0 fully saturated rings. The van der Waals surface area contributed by atoms with Crippen LogP contribution in [0.1, 0.15) is 47.1 Å². The average molecular weight is 454 g/mol. The lowest BCUT2D eigenvalue weighted by molar-refractivity contribution is 0.0697. The maximum Gasteiger partial charge on any atom is 0.335 e. The van der Waals surface area contributed by atoms with Crippen molar-refractivity contribution >= 4 is 17.0 Å². The van der Waals surface area contributed by atoms with E-state index >= 15 is 0 Å². The highest BCUT2D eigenvalue weighted by Crippen LogP contribution is 2.30. The van der Waals surface area contributed by atoms with Crippen LogP contribution in [-0.4, -0.2) is 46.2 Å². The highest BCUT2D eigenvalue weighted by atomic mass is 16.4. The SMILES string of the molecule is Cc1cc(C(=O)O)cc2c1nc(C(C)C)n2Cc1ccc(-c2cnccc2-c2nnn[nH]2)cc1. The summed E-state index contributed by atoms with van der Waals surface area (Å²) in [5.41, 5.74) is 6.66. The summed E-state index contributed by atoms with van der Waals surface area (Å²) in [6.45, 7) is 6.67. The summed E-state index contributed by atoms with van der Waals surface area (Å²) < 4.78 is 2.12. The van der Waals surface area contributed by atoms with E-state index in [4.69, 9.17) is 4.98 Å². The van der Waals surface area contributed by atoms with E-state index in [1.807, 2.05) is 25.1 Å². The van der Waals surface area contributed by atoms with E-state index in [0.717, 1.165) is 44.7 Å². The minimum Gasteiger partial charge on any atom is -0.478 e. The summed E-state index contributed by atoms with van der Waals surface area (Å²) in [6.07, 6.45) is 3.50. The van der Waals surface area contributed by atoms with Gasteiger partial charge in [0.2, 0.25) is 0 Å². The molecule has 9 nitrogen and oxygen atoms in total. The summed E-state index contributed by atoms with van der Waals surface area (Å²) in [5.74, 6) is 0.755. The number of hydrogen-bond donors (Lipinski definition) is 2. The standard InChI is InChI=1S/C25H23N7O2/c1-14(2)24-27-22-15(3)10-18(25(33)34)11-21(22)32(24)13-16-4-6-17(7-5-16)20-12-26-9-8-19(20)23-28-30-31-29-23/h4-12,14H,13H2,1-3H3,(H,33,34)(H,28,29,30,31). The number of H-pyrrole nitrogens is 1. The number of nitrogens with one attached hydrogen (secondary N) is 1. The van der Waals surface area contributed by atoms with Crippen molar-refractivity contribution in [1.82, 2.24) is 35.2 Å². The van der Waals surface area contributed by atoms with E-state index in [0.29, 0.717) is 12.4 Å². The molecule has 0 saturated carbocycles. The molecule has 9 heteroatoms. The maximum atomic E-state index is 11.6. The fourth-order valence-electron chi connectivity index (χ4n) is 4.22. The van der Waals surface area contributed by atoms with E-state index in [1.54, 1.807) is 24.5 Å². The Morgan fingerprint density at radius 1 is 1.12 bits per heavy atom. The molecule has 3 aromatic heterocycles. The molecule has 3 heterocycles. The number of aromatic amines is 1. The Bertz CT molecular complexity index is 1490. The summed E-state index contributed by atoms with van der Waals surface area (Å²) >= 11 is 0. The van der Waals surface area contributed by atoms with Crippen LogP contribution in [-0.2, 0) is 6.54 Å². The van der Waals surface area contributed by atoms with Gasteiger partial charge in [-0.1, -0.05) is 38.1 Å². The molecule has 0 amide bonds. The molecule has 170 valence electrons. The number of carboxylic acids is 1. The first-order valence-electron chi connectivity index (χ1n) is 10.9. The molecular formula is C25H23N7O2. The number of benzene rings is 2. The van der Waals surface area contributed by atoms with Crippen molar-refractivity contribution in [2.45, 2.75) is 33.2 Å². The number of hydrogen-bond acceptors (Lipinski definition) is 6. The summed E-state index contributed by atoms with van der Waals surface area (Å²) in [5, 5.41) is 23.7. The van der Waals surface area contributed by atoms with Gasteiger partial charge in [-0.3, -0.25) is 4.98 Å². The fourth-order valence-corrected chi connectivity index (χ4v) is 4.22. The van der Waals surface area contributed by atoms with E-state index in [1.165, 1.54) is 0 Å². The van der Waals surface area contributed by atoms with Crippen LogP contribution < -0.4 is 0 Å². The second-order valence-corrected chi connectivity index (χ2v) is 8.54. The Labute approximate surface area is 195 Å². The second kappa shape index (κ2) is 8.51. The molecule has 0 unspecified atom stereocenters. The van der Waals surface area contributed by atoms with Gasteiger partial charge in [-0.25, -0.2) is 14.9 Å². The Balaban J connectivity index is 1.54. The Hall–Kier alpha value is -4.40. The largest absolute Gasteiger partial charge is 0.478 e. The zero-order valence-corrected chi connectivity index (χ0v) is 19.0. The number of aromatic nitrogens is 7. The molecule has 34 heavy (non-hydrogen) atoms. The number of imidazole rings is 1. The van der Waals surface area contributed by atoms with Gasteiger partial charge in [0.15, 0.2) is 5.82 Å². The van der Waals surface area contributed by atoms with Crippen LogP contribution in [0.25, 0.3) is 33.5 Å². The zero-order chi connectivity index (χ0) is 23.8. The topological polar surface area (TPSA) is 122 Å². The molecule has 0 atom stereocenters. The molecule has 0 spiro atoms. The van der Waals surface area contributed by atoms with Crippen molar-refractivity contribution < 1.29 is 9.90 Å². The first-order valence-corrected chi connectivity index (χ1v) is 10.9. The molecule has 5 aromatic rings. The van der Waals surface area contributed by atoms with Gasteiger partial charge in [-0.15, -0.1) is 5.10 Å². The van der Waals surface area contributed by atoms with Gasteiger partial charge in [-0.05, 0) is 52.2 Å². The number of fused-ring (bicyclic) bond motifs is 1. The van der Waals surface area contributed by atoms with Crippen molar-refractivity contribution in [3.63, 3.8) is 0 Å². The van der Waals surface area contributed by atoms with Crippen molar-refractivity contribution in [2.24, 2.45) is 0 Å². The van der Waals surface area contributed by atoms with Gasteiger partial charge >= 0.3 is 5.97 Å².